The molecule has 0 aromatic heterocycles. The first-order valence-electron chi connectivity index (χ1n) is 6.30. The zero-order chi connectivity index (χ0) is 13.1. The molecule has 5 nitrogen and oxygen atoms in total. The third-order valence-corrected chi connectivity index (χ3v) is 4.71. The average molecular weight is 263 g/mol. The highest BCUT2D eigenvalue weighted by Crippen LogP contribution is 2.31. The van der Waals surface area contributed by atoms with Crippen LogP contribution in [-0.2, 0) is 10.2 Å². The van der Waals surface area contributed by atoms with Gasteiger partial charge in [0.2, 0.25) is 0 Å². The van der Waals surface area contributed by atoms with Crippen molar-refractivity contribution in [2.75, 3.05) is 6.54 Å². The second-order valence-corrected chi connectivity index (χ2v) is 7.01. The Bertz CT molecular complexity index is 343. The Labute approximate surface area is 105 Å². The maximum absolute atomic E-state index is 11.9. The van der Waals surface area contributed by atoms with E-state index >= 15 is 0 Å². The summed E-state index contributed by atoms with van der Waals surface area (Å²) in [6.07, 6.45) is 3.83. The average Bonchev–Trinajstić information content (AvgIpc) is 2.14. The molecule has 1 saturated carbocycles. The van der Waals surface area contributed by atoms with Gasteiger partial charge < -0.3 is 5.73 Å². The molecular formula is C11H25N3O2S. The van der Waals surface area contributed by atoms with Crippen LogP contribution in [0, 0.1) is 5.92 Å². The van der Waals surface area contributed by atoms with E-state index in [4.69, 9.17) is 5.73 Å². The Morgan fingerprint density at radius 3 is 2.59 bits per heavy atom. The topological polar surface area (TPSA) is 84.2 Å². The molecule has 17 heavy (non-hydrogen) atoms. The van der Waals surface area contributed by atoms with Gasteiger partial charge in [0, 0.05) is 18.1 Å². The van der Waals surface area contributed by atoms with E-state index in [1.54, 1.807) is 13.8 Å². The smallest absolute Gasteiger partial charge is 0.277 e. The lowest BCUT2D eigenvalue weighted by Gasteiger charge is -2.39. The molecule has 4 N–H and O–H groups in total. The molecule has 0 radical (unpaired) electrons. The van der Waals surface area contributed by atoms with Crippen molar-refractivity contribution in [3.8, 4) is 0 Å². The van der Waals surface area contributed by atoms with Crippen molar-refractivity contribution in [1.29, 1.82) is 0 Å². The number of nitrogens with two attached hydrogens (primary N) is 1. The molecule has 0 aromatic rings. The van der Waals surface area contributed by atoms with Crippen LogP contribution in [0.2, 0.25) is 0 Å². The third kappa shape index (κ3) is 4.54. The van der Waals surface area contributed by atoms with E-state index in [9.17, 15) is 8.42 Å². The summed E-state index contributed by atoms with van der Waals surface area (Å²) in [6, 6.07) is -0.108. The summed E-state index contributed by atoms with van der Waals surface area (Å²) in [4.78, 5) is 0. The molecule has 0 saturated heterocycles. The fraction of sp³-hybridized carbons (Fsp3) is 1.00. The highest BCUT2D eigenvalue weighted by atomic mass is 32.2. The minimum atomic E-state index is -3.45. The molecule has 1 aliphatic rings. The minimum Gasteiger partial charge on any atom is -0.329 e. The molecule has 1 rings (SSSR count). The van der Waals surface area contributed by atoms with Gasteiger partial charge in [-0.05, 0) is 32.6 Å². The van der Waals surface area contributed by atoms with Gasteiger partial charge in [0.1, 0.15) is 0 Å². The highest BCUT2D eigenvalue weighted by molar-refractivity contribution is 7.87. The second-order valence-electron chi connectivity index (χ2n) is 5.56. The molecule has 1 aliphatic carbocycles. The predicted molar refractivity (Wildman–Crippen MR) is 69.7 cm³/mol. The number of rotatable bonds is 5. The molecule has 2 atom stereocenters. The summed E-state index contributed by atoms with van der Waals surface area (Å²) in [5.41, 5.74) is 5.32. The van der Waals surface area contributed by atoms with E-state index in [0.717, 1.165) is 25.7 Å². The molecule has 2 unspecified atom stereocenters. The molecule has 6 heteroatoms. The van der Waals surface area contributed by atoms with Crippen molar-refractivity contribution in [3.05, 3.63) is 0 Å². The molecular weight excluding hydrogens is 238 g/mol. The van der Waals surface area contributed by atoms with Crippen molar-refractivity contribution < 1.29 is 8.42 Å². The van der Waals surface area contributed by atoms with Crippen molar-refractivity contribution in [3.63, 3.8) is 0 Å². The molecule has 0 bridgehead atoms. The first kappa shape index (κ1) is 14.9. The molecule has 0 aliphatic heterocycles. The SMILES string of the molecule is CC1CCCC(CN)(NS(=O)(=O)NC(C)C)C1. The predicted octanol–water partition coefficient (Wildman–Crippen LogP) is 0.726. The molecule has 0 aromatic carbocycles. The highest BCUT2D eigenvalue weighted by Gasteiger charge is 2.37. The summed E-state index contributed by atoms with van der Waals surface area (Å²) in [5, 5.41) is 0. The van der Waals surface area contributed by atoms with Gasteiger partial charge in [-0.3, -0.25) is 0 Å². The van der Waals surface area contributed by atoms with Crippen molar-refractivity contribution in [1.82, 2.24) is 9.44 Å². The van der Waals surface area contributed by atoms with Gasteiger partial charge in [0.05, 0.1) is 0 Å². The summed E-state index contributed by atoms with van der Waals surface area (Å²) < 4.78 is 29.1. The van der Waals surface area contributed by atoms with Crippen LogP contribution in [0.25, 0.3) is 0 Å². The summed E-state index contributed by atoms with van der Waals surface area (Å²) >= 11 is 0. The molecule has 0 spiro atoms. The van der Waals surface area contributed by atoms with Crippen LogP contribution in [0.4, 0.5) is 0 Å². The maximum atomic E-state index is 11.9. The number of hydrogen-bond acceptors (Lipinski definition) is 3. The zero-order valence-electron chi connectivity index (χ0n) is 11.0. The van der Waals surface area contributed by atoms with Crippen molar-refractivity contribution >= 4 is 10.2 Å². The standard InChI is InChI=1S/C11H25N3O2S/c1-9(2)13-17(15,16)14-11(8-12)6-4-5-10(3)7-11/h9-10,13-14H,4-8,12H2,1-3H3. The van der Waals surface area contributed by atoms with Crippen LogP contribution in [0.5, 0.6) is 0 Å². The Morgan fingerprint density at radius 2 is 2.12 bits per heavy atom. The van der Waals surface area contributed by atoms with Gasteiger partial charge in [-0.25, -0.2) is 0 Å². The molecule has 102 valence electrons. The van der Waals surface area contributed by atoms with Gasteiger partial charge in [0.25, 0.3) is 10.2 Å². The van der Waals surface area contributed by atoms with Crippen LogP contribution < -0.4 is 15.2 Å². The normalized spacial score (nSPS) is 30.8. The molecule has 0 heterocycles. The van der Waals surface area contributed by atoms with Crippen LogP contribution in [-0.4, -0.2) is 26.5 Å². The van der Waals surface area contributed by atoms with E-state index in [0.29, 0.717) is 12.5 Å². The Morgan fingerprint density at radius 1 is 1.47 bits per heavy atom. The zero-order valence-corrected chi connectivity index (χ0v) is 11.8. The number of hydrogen-bond donors (Lipinski definition) is 3. The lowest BCUT2D eigenvalue weighted by atomic mass is 9.77. The largest absolute Gasteiger partial charge is 0.329 e. The van der Waals surface area contributed by atoms with E-state index in [1.165, 1.54) is 0 Å². The molecule has 0 amide bonds. The van der Waals surface area contributed by atoms with Gasteiger partial charge in [-0.2, -0.15) is 17.9 Å². The lowest BCUT2D eigenvalue weighted by Crippen LogP contribution is -2.59. The lowest BCUT2D eigenvalue weighted by molar-refractivity contribution is 0.222. The van der Waals surface area contributed by atoms with Crippen molar-refractivity contribution in [2.45, 2.75) is 58.0 Å². The van der Waals surface area contributed by atoms with Gasteiger partial charge >= 0.3 is 0 Å². The summed E-state index contributed by atoms with van der Waals surface area (Å²) in [6.45, 7) is 6.11. The monoisotopic (exact) mass is 263 g/mol. The Hall–Kier alpha value is -0.170. The van der Waals surface area contributed by atoms with Gasteiger partial charge in [-0.15, -0.1) is 0 Å². The van der Waals surface area contributed by atoms with Gasteiger partial charge in [0.15, 0.2) is 0 Å². The quantitative estimate of drug-likeness (QED) is 0.683. The maximum Gasteiger partial charge on any atom is 0.277 e. The summed E-state index contributed by atoms with van der Waals surface area (Å²) in [7, 11) is -3.45. The fourth-order valence-electron chi connectivity index (χ4n) is 2.60. The minimum absolute atomic E-state index is 0.108. The first-order valence-corrected chi connectivity index (χ1v) is 7.78. The molecule has 1 fully saturated rings. The van der Waals surface area contributed by atoms with Crippen LogP contribution >= 0.6 is 0 Å². The summed E-state index contributed by atoms with van der Waals surface area (Å²) in [5.74, 6) is 0.522. The van der Waals surface area contributed by atoms with Crippen molar-refractivity contribution in [2.24, 2.45) is 11.7 Å². The van der Waals surface area contributed by atoms with Gasteiger partial charge in [-0.1, -0.05) is 19.8 Å². The van der Waals surface area contributed by atoms with E-state index in [-0.39, 0.29) is 6.04 Å². The third-order valence-electron chi connectivity index (χ3n) is 3.22. The van der Waals surface area contributed by atoms with Crippen LogP contribution in [0.3, 0.4) is 0 Å². The van der Waals surface area contributed by atoms with Crippen LogP contribution in [0.15, 0.2) is 0 Å². The Kier molecular flexibility index (Phi) is 4.95. The van der Waals surface area contributed by atoms with E-state index in [1.807, 2.05) is 0 Å². The number of nitrogens with one attached hydrogen (secondary N) is 2. The fourth-order valence-corrected chi connectivity index (χ4v) is 4.12. The van der Waals surface area contributed by atoms with E-state index < -0.39 is 15.7 Å². The Balaban J connectivity index is 2.74. The van der Waals surface area contributed by atoms with E-state index in [2.05, 4.69) is 16.4 Å². The van der Waals surface area contributed by atoms with Crippen LogP contribution in [0.1, 0.15) is 46.5 Å². The second kappa shape index (κ2) is 5.65. The first-order chi connectivity index (χ1) is 7.79.